The first-order chi connectivity index (χ1) is 12.5. The lowest BCUT2D eigenvalue weighted by atomic mass is 9.77. The van der Waals surface area contributed by atoms with Gasteiger partial charge < -0.3 is 9.84 Å². The second-order valence-electron chi connectivity index (χ2n) is 8.06. The second-order valence-corrected chi connectivity index (χ2v) is 9.99. The van der Waals surface area contributed by atoms with E-state index < -0.39 is 10.0 Å². The Bertz CT molecular complexity index is 716. The molecule has 0 radical (unpaired) electrons. The third-order valence-corrected chi connectivity index (χ3v) is 8.07. The molecule has 0 aromatic heterocycles. The molecule has 7 heteroatoms. The highest BCUT2D eigenvalue weighted by Crippen LogP contribution is 2.43. The van der Waals surface area contributed by atoms with E-state index in [4.69, 9.17) is 4.74 Å². The standard InChI is InChI=1S/C19H28N2O4S/c22-16-6-9-20(13-16)14-17-12-19(15-25-17)7-10-21(11-8-19)26(23,24)18-4-2-1-3-5-18/h1-5,16-17,22H,6-15H2/t16-,17-/m0/s1. The summed E-state index contributed by atoms with van der Waals surface area (Å²) in [5.41, 5.74) is 0.117. The molecule has 3 fully saturated rings. The van der Waals surface area contributed by atoms with Gasteiger partial charge in [-0.15, -0.1) is 0 Å². The average molecular weight is 381 g/mol. The molecule has 4 rings (SSSR count). The van der Waals surface area contributed by atoms with Crippen LogP contribution in [0.3, 0.4) is 0 Å². The van der Waals surface area contributed by atoms with Crippen molar-refractivity contribution >= 4 is 10.0 Å². The van der Waals surface area contributed by atoms with Crippen molar-refractivity contribution < 1.29 is 18.3 Å². The highest BCUT2D eigenvalue weighted by atomic mass is 32.2. The highest BCUT2D eigenvalue weighted by Gasteiger charge is 2.44. The minimum atomic E-state index is -3.39. The van der Waals surface area contributed by atoms with Gasteiger partial charge in [0.05, 0.1) is 23.7 Å². The fourth-order valence-corrected chi connectivity index (χ4v) is 6.03. The molecule has 144 valence electrons. The number of piperidine rings is 1. The van der Waals surface area contributed by atoms with E-state index in [1.807, 2.05) is 6.07 Å². The topological polar surface area (TPSA) is 70.1 Å². The fraction of sp³-hybridized carbons (Fsp3) is 0.684. The van der Waals surface area contributed by atoms with Crippen LogP contribution in [0.25, 0.3) is 0 Å². The van der Waals surface area contributed by atoms with E-state index in [1.165, 1.54) is 0 Å². The molecule has 3 heterocycles. The van der Waals surface area contributed by atoms with Crippen molar-refractivity contribution in [2.24, 2.45) is 5.41 Å². The number of β-amino-alcohol motifs (C(OH)–C–C–N with tert-alkyl or cyclic N) is 1. The van der Waals surface area contributed by atoms with Crippen LogP contribution in [-0.4, -0.2) is 74.3 Å². The molecule has 3 aliphatic heterocycles. The van der Waals surface area contributed by atoms with Gasteiger partial charge >= 0.3 is 0 Å². The average Bonchev–Trinajstić information content (AvgIpc) is 3.23. The van der Waals surface area contributed by atoms with Crippen molar-refractivity contribution in [1.29, 1.82) is 0 Å². The molecule has 0 amide bonds. The maximum atomic E-state index is 12.8. The van der Waals surface area contributed by atoms with Gasteiger partial charge in [-0.05, 0) is 43.2 Å². The van der Waals surface area contributed by atoms with Gasteiger partial charge in [0.25, 0.3) is 0 Å². The Morgan fingerprint density at radius 3 is 2.54 bits per heavy atom. The molecule has 1 aromatic carbocycles. The lowest BCUT2D eigenvalue weighted by Crippen LogP contribution is -2.43. The van der Waals surface area contributed by atoms with Gasteiger partial charge in [-0.25, -0.2) is 8.42 Å². The summed E-state index contributed by atoms with van der Waals surface area (Å²) in [6.07, 6.45) is 3.58. The molecular weight excluding hydrogens is 352 g/mol. The Hall–Kier alpha value is -0.990. The molecule has 0 aliphatic carbocycles. The highest BCUT2D eigenvalue weighted by molar-refractivity contribution is 7.89. The Morgan fingerprint density at radius 1 is 1.15 bits per heavy atom. The molecular formula is C19H28N2O4S. The molecule has 3 saturated heterocycles. The maximum absolute atomic E-state index is 12.8. The fourth-order valence-electron chi connectivity index (χ4n) is 4.57. The summed E-state index contributed by atoms with van der Waals surface area (Å²) >= 11 is 0. The third-order valence-electron chi connectivity index (χ3n) is 6.16. The minimum absolute atomic E-state index is 0.117. The molecule has 26 heavy (non-hydrogen) atoms. The Balaban J connectivity index is 1.34. The number of sulfonamides is 1. The van der Waals surface area contributed by atoms with Crippen molar-refractivity contribution in [3.05, 3.63) is 30.3 Å². The largest absolute Gasteiger partial charge is 0.392 e. The van der Waals surface area contributed by atoms with Crippen molar-refractivity contribution in [3.8, 4) is 0 Å². The SMILES string of the molecule is O=S(=O)(c1ccccc1)N1CCC2(CC1)CO[C@H](CN1CC[C@H](O)C1)C2. The summed E-state index contributed by atoms with van der Waals surface area (Å²) in [6, 6.07) is 8.70. The summed E-state index contributed by atoms with van der Waals surface area (Å²) in [5, 5.41) is 9.67. The van der Waals surface area contributed by atoms with Crippen molar-refractivity contribution in [3.63, 3.8) is 0 Å². The minimum Gasteiger partial charge on any atom is -0.392 e. The van der Waals surface area contributed by atoms with Gasteiger partial charge in [0.2, 0.25) is 10.0 Å². The van der Waals surface area contributed by atoms with E-state index in [9.17, 15) is 13.5 Å². The zero-order chi connectivity index (χ0) is 18.2. The van der Waals surface area contributed by atoms with Gasteiger partial charge in [-0.1, -0.05) is 18.2 Å². The van der Waals surface area contributed by atoms with Crippen LogP contribution in [0.15, 0.2) is 35.2 Å². The normalized spacial score (nSPS) is 30.2. The van der Waals surface area contributed by atoms with Crippen LogP contribution in [0.5, 0.6) is 0 Å². The molecule has 2 atom stereocenters. The first kappa shape index (κ1) is 18.4. The van der Waals surface area contributed by atoms with Gasteiger partial charge in [0.15, 0.2) is 0 Å². The van der Waals surface area contributed by atoms with E-state index in [-0.39, 0.29) is 17.6 Å². The van der Waals surface area contributed by atoms with Crippen LogP contribution < -0.4 is 0 Å². The second kappa shape index (κ2) is 7.20. The maximum Gasteiger partial charge on any atom is 0.243 e. The van der Waals surface area contributed by atoms with E-state index in [0.29, 0.717) is 18.0 Å². The Kier molecular flexibility index (Phi) is 5.09. The quantitative estimate of drug-likeness (QED) is 0.853. The number of hydrogen-bond acceptors (Lipinski definition) is 5. The van der Waals surface area contributed by atoms with Crippen molar-refractivity contribution in [2.45, 2.75) is 42.8 Å². The lowest BCUT2D eigenvalue weighted by Gasteiger charge is -2.37. The van der Waals surface area contributed by atoms with Gasteiger partial charge in [0, 0.05) is 32.7 Å². The zero-order valence-corrected chi connectivity index (χ0v) is 15.9. The summed E-state index contributed by atoms with van der Waals surface area (Å²) in [6.45, 7) is 4.43. The molecule has 0 bridgehead atoms. The number of aliphatic hydroxyl groups is 1. The van der Waals surface area contributed by atoms with Crippen LogP contribution in [-0.2, 0) is 14.8 Å². The number of likely N-dealkylation sites (tertiary alicyclic amines) is 1. The number of aliphatic hydroxyl groups excluding tert-OH is 1. The summed E-state index contributed by atoms with van der Waals surface area (Å²) in [7, 11) is -3.39. The van der Waals surface area contributed by atoms with Crippen LogP contribution in [0, 0.1) is 5.41 Å². The molecule has 0 unspecified atom stereocenters. The summed E-state index contributed by atoms with van der Waals surface area (Å²) in [5.74, 6) is 0. The van der Waals surface area contributed by atoms with Crippen molar-refractivity contribution in [1.82, 2.24) is 9.21 Å². The van der Waals surface area contributed by atoms with Gasteiger partial charge in [-0.2, -0.15) is 4.31 Å². The van der Waals surface area contributed by atoms with Crippen LogP contribution in [0.2, 0.25) is 0 Å². The van der Waals surface area contributed by atoms with Gasteiger partial charge in [-0.3, -0.25) is 4.90 Å². The van der Waals surface area contributed by atoms with Crippen LogP contribution >= 0.6 is 0 Å². The zero-order valence-electron chi connectivity index (χ0n) is 15.1. The number of nitrogens with zero attached hydrogens (tertiary/aromatic N) is 2. The monoisotopic (exact) mass is 380 g/mol. The number of rotatable bonds is 4. The van der Waals surface area contributed by atoms with E-state index in [1.54, 1.807) is 28.6 Å². The Labute approximate surface area is 155 Å². The van der Waals surface area contributed by atoms with Crippen molar-refractivity contribution in [2.75, 3.05) is 39.3 Å². The third kappa shape index (κ3) is 3.68. The number of hydrogen-bond donors (Lipinski definition) is 1. The van der Waals surface area contributed by atoms with Crippen LogP contribution in [0.1, 0.15) is 25.7 Å². The first-order valence-electron chi connectivity index (χ1n) is 9.54. The van der Waals surface area contributed by atoms with E-state index in [2.05, 4.69) is 4.90 Å². The van der Waals surface area contributed by atoms with Crippen LogP contribution in [0.4, 0.5) is 0 Å². The molecule has 1 N–H and O–H groups in total. The molecule has 1 aromatic rings. The molecule has 6 nitrogen and oxygen atoms in total. The smallest absolute Gasteiger partial charge is 0.243 e. The predicted molar refractivity (Wildman–Crippen MR) is 98.3 cm³/mol. The molecule has 0 saturated carbocycles. The van der Waals surface area contributed by atoms with E-state index >= 15 is 0 Å². The first-order valence-corrected chi connectivity index (χ1v) is 11.0. The predicted octanol–water partition coefficient (Wildman–Crippen LogP) is 1.31. The van der Waals surface area contributed by atoms with E-state index in [0.717, 1.165) is 51.9 Å². The summed E-state index contributed by atoms with van der Waals surface area (Å²) < 4.78 is 33.2. The van der Waals surface area contributed by atoms with Gasteiger partial charge in [0.1, 0.15) is 0 Å². The summed E-state index contributed by atoms with van der Waals surface area (Å²) in [4.78, 5) is 2.66. The number of benzene rings is 1. The number of ether oxygens (including phenoxy) is 1. The molecule has 1 spiro atoms. The molecule has 3 aliphatic rings. The lowest BCUT2D eigenvalue weighted by molar-refractivity contribution is 0.0599. The Morgan fingerprint density at radius 2 is 1.88 bits per heavy atom.